The van der Waals surface area contributed by atoms with Crippen LogP contribution in [0.1, 0.15) is 54.6 Å². The molecule has 0 aliphatic heterocycles. The molecule has 1 fully saturated rings. The van der Waals surface area contributed by atoms with E-state index < -0.39 is 0 Å². The highest BCUT2D eigenvalue weighted by Crippen LogP contribution is 2.38. The van der Waals surface area contributed by atoms with Gasteiger partial charge in [0.2, 0.25) is 0 Å². The van der Waals surface area contributed by atoms with Crippen molar-refractivity contribution in [2.75, 3.05) is 5.32 Å². The van der Waals surface area contributed by atoms with Gasteiger partial charge in [-0.3, -0.25) is 0 Å². The fourth-order valence-corrected chi connectivity index (χ4v) is 2.87. The van der Waals surface area contributed by atoms with E-state index in [1.165, 1.54) is 18.4 Å². The molecule has 1 aromatic carbocycles. The van der Waals surface area contributed by atoms with E-state index in [-0.39, 0.29) is 6.04 Å². The smallest absolute Gasteiger partial charge is 0.257 e. The molecule has 6 heteroatoms. The van der Waals surface area contributed by atoms with Gasteiger partial charge >= 0.3 is 0 Å². The van der Waals surface area contributed by atoms with Crippen molar-refractivity contribution >= 4 is 5.82 Å². The van der Waals surface area contributed by atoms with Gasteiger partial charge in [0.25, 0.3) is 5.89 Å². The summed E-state index contributed by atoms with van der Waals surface area (Å²) in [5, 5.41) is 7.50. The van der Waals surface area contributed by atoms with Gasteiger partial charge in [-0.05, 0) is 51.3 Å². The van der Waals surface area contributed by atoms with E-state index in [4.69, 9.17) is 4.52 Å². The summed E-state index contributed by atoms with van der Waals surface area (Å²) in [6.45, 7) is 5.98. The van der Waals surface area contributed by atoms with Gasteiger partial charge in [0.1, 0.15) is 11.6 Å². The fourth-order valence-electron chi connectivity index (χ4n) is 2.87. The Morgan fingerprint density at radius 3 is 2.52 bits per heavy atom. The summed E-state index contributed by atoms with van der Waals surface area (Å²) >= 11 is 0. The first-order chi connectivity index (χ1) is 12.1. The van der Waals surface area contributed by atoms with Crippen molar-refractivity contribution in [3.05, 3.63) is 53.2 Å². The van der Waals surface area contributed by atoms with Crippen LogP contribution in [0.4, 0.5) is 5.82 Å². The zero-order chi connectivity index (χ0) is 17.4. The van der Waals surface area contributed by atoms with Crippen molar-refractivity contribution in [2.24, 2.45) is 0 Å². The van der Waals surface area contributed by atoms with Crippen LogP contribution < -0.4 is 5.32 Å². The van der Waals surface area contributed by atoms with E-state index in [1.54, 1.807) is 0 Å². The monoisotopic (exact) mass is 335 g/mol. The van der Waals surface area contributed by atoms with E-state index in [9.17, 15) is 0 Å². The van der Waals surface area contributed by atoms with Gasteiger partial charge in [-0.1, -0.05) is 17.3 Å². The predicted octanol–water partition coefficient (Wildman–Crippen LogP) is 4.19. The standard InChI is InChI=1S/C19H21N5O/c1-11-10-17(22-13(3)20-11)21-12(2)14-4-8-16(9-5-14)19-23-18(24-25-19)15-6-7-15/h4-5,8-10,12,15H,6-7H2,1-3H3,(H,20,21,22). The van der Waals surface area contributed by atoms with Gasteiger partial charge in [0, 0.05) is 29.3 Å². The van der Waals surface area contributed by atoms with Gasteiger partial charge in [-0.2, -0.15) is 4.98 Å². The molecule has 6 nitrogen and oxygen atoms in total. The van der Waals surface area contributed by atoms with Crippen LogP contribution in [0, 0.1) is 13.8 Å². The Kier molecular flexibility index (Phi) is 3.95. The van der Waals surface area contributed by atoms with Crippen LogP contribution in [0.25, 0.3) is 11.5 Å². The minimum Gasteiger partial charge on any atom is -0.363 e. The third kappa shape index (κ3) is 3.52. The number of rotatable bonds is 5. The molecule has 0 spiro atoms. The molecule has 4 rings (SSSR count). The third-order valence-corrected chi connectivity index (χ3v) is 4.37. The molecule has 25 heavy (non-hydrogen) atoms. The summed E-state index contributed by atoms with van der Waals surface area (Å²) < 4.78 is 5.38. The lowest BCUT2D eigenvalue weighted by atomic mass is 10.1. The molecule has 1 aliphatic rings. The maximum absolute atomic E-state index is 5.38. The summed E-state index contributed by atoms with van der Waals surface area (Å²) in [4.78, 5) is 13.2. The minimum absolute atomic E-state index is 0.132. The van der Waals surface area contributed by atoms with Gasteiger partial charge < -0.3 is 9.84 Å². The topological polar surface area (TPSA) is 76.7 Å². The number of hydrogen-bond donors (Lipinski definition) is 1. The summed E-state index contributed by atoms with van der Waals surface area (Å²) in [7, 11) is 0. The molecule has 128 valence electrons. The second-order valence-electron chi connectivity index (χ2n) is 6.66. The molecule has 1 N–H and O–H groups in total. The van der Waals surface area contributed by atoms with Gasteiger partial charge in [-0.15, -0.1) is 0 Å². The van der Waals surface area contributed by atoms with Crippen molar-refractivity contribution in [1.82, 2.24) is 20.1 Å². The second kappa shape index (κ2) is 6.27. The summed E-state index contributed by atoms with van der Waals surface area (Å²) in [6, 6.07) is 10.3. The summed E-state index contributed by atoms with van der Waals surface area (Å²) in [6.07, 6.45) is 2.34. The van der Waals surface area contributed by atoms with Crippen LogP contribution in [0.15, 0.2) is 34.9 Å². The quantitative estimate of drug-likeness (QED) is 0.753. The Morgan fingerprint density at radius 1 is 1.08 bits per heavy atom. The molecule has 0 saturated heterocycles. The SMILES string of the molecule is Cc1cc(NC(C)c2ccc(-c3nc(C4CC4)no3)cc2)nc(C)n1. The first kappa shape index (κ1) is 15.7. The first-order valence-electron chi connectivity index (χ1n) is 8.61. The Labute approximate surface area is 146 Å². The van der Waals surface area contributed by atoms with Crippen LogP contribution in [0.5, 0.6) is 0 Å². The number of aryl methyl sites for hydroxylation is 2. The zero-order valence-electron chi connectivity index (χ0n) is 14.7. The zero-order valence-corrected chi connectivity index (χ0v) is 14.7. The normalized spacial score (nSPS) is 15.2. The molecule has 3 aromatic rings. The van der Waals surface area contributed by atoms with E-state index in [0.717, 1.165) is 28.7 Å². The number of anilines is 1. The van der Waals surface area contributed by atoms with Crippen LogP contribution >= 0.6 is 0 Å². The van der Waals surface area contributed by atoms with Gasteiger partial charge in [-0.25, -0.2) is 9.97 Å². The highest BCUT2D eigenvalue weighted by molar-refractivity contribution is 5.54. The Morgan fingerprint density at radius 2 is 1.84 bits per heavy atom. The van der Waals surface area contributed by atoms with Crippen LogP contribution in [-0.4, -0.2) is 20.1 Å². The second-order valence-corrected chi connectivity index (χ2v) is 6.66. The molecule has 1 aliphatic carbocycles. The van der Waals surface area contributed by atoms with Crippen LogP contribution in [0.2, 0.25) is 0 Å². The van der Waals surface area contributed by atoms with Crippen molar-refractivity contribution in [1.29, 1.82) is 0 Å². The number of benzene rings is 1. The lowest BCUT2D eigenvalue weighted by molar-refractivity contribution is 0.422. The molecule has 1 atom stereocenters. The number of nitrogens with one attached hydrogen (secondary N) is 1. The van der Waals surface area contributed by atoms with Crippen LogP contribution in [0.3, 0.4) is 0 Å². The van der Waals surface area contributed by atoms with Crippen molar-refractivity contribution in [2.45, 2.75) is 45.6 Å². The van der Waals surface area contributed by atoms with E-state index in [0.29, 0.717) is 11.8 Å². The average molecular weight is 335 g/mol. The molecule has 0 radical (unpaired) electrons. The number of nitrogens with zero attached hydrogens (tertiary/aromatic N) is 4. The average Bonchev–Trinajstić information content (AvgIpc) is 3.31. The molecular formula is C19H21N5O. The molecule has 2 aromatic heterocycles. The number of hydrogen-bond acceptors (Lipinski definition) is 6. The third-order valence-electron chi connectivity index (χ3n) is 4.37. The molecule has 0 bridgehead atoms. The summed E-state index contributed by atoms with van der Waals surface area (Å²) in [5.74, 6) is 3.54. The van der Waals surface area contributed by atoms with E-state index in [1.807, 2.05) is 32.0 Å². The highest BCUT2D eigenvalue weighted by Gasteiger charge is 2.28. The largest absolute Gasteiger partial charge is 0.363 e. The maximum Gasteiger partial charge on any atom is 0.257 e. The molecule has 2 heterocycles. The van der Waals surface area contributed by atoms with E-state index in [2.05, 4.69) is 44.5 Å². The Balaban J connectivity index is 1.48. The fraction of sp³-hybridized carbons (Fsp3) is 0.368. The highest BCUT2D eigenvalue weighted by atomic mass is 16.5. The minimum atomic E-state index is 0.132. The van der Waals surface area contributed by atoms with Gasteiger partial charge in [0.15, 0.2) is 5.82 Å². The summed E-state index contributed by atoms with van der Waals surface area (Å²) in [5.41, 5.74) is 3.07. The molecule has 1 unspecified atom stereocenters. The van der Waals surface area contributed by atoms with Gasteiger partial charge in [0.05, 0.1) is 0 Å². The maximum atomic E-state index is 5.38. The Bertz CT molecular complexity index is 863. The lowest BCUT2D eigenvalue weighted by Crippen LogP contribution is -2.09. The van der Waals surface area contributed by atoms with Crippen LogP contribution in [-0.2, 0) is 0 Å². The number of aromatic nitrogens is 4. The predicted molar refractivity (Wildman–Crippen MR) is 95.3 cm³/mol. The van der Waals surface area contributed by atoms with E-state index >= 15 is 0 Å². The molecule has 0 amide bonds. The van der Waals surface area contributed by atoms with Crippen molar-refractivity contribution < 1.29 is 4.52 Å². The van der Waals surface area contributed by atoms with Crippen molar-refractivity contribution in [3.63, 3.8) is 0 Å². The molecular weight excluding hydrogens is 314 g/mol. The lowest BCUT2D eigenvalue weighted by Gasteiger charge is -2.15. The molecule has 1 saturated carbocycles. The first-order valence-corrected chi connectivity index (χ1v) is 8.61. The van der Waals surface area contributed by atoms with Crippen molar-refractivity contribution in [3.8, 4) is 11.5 Å². The Hall–Kier alpha value is -2.76.